The smallest absolute Gasteiger partial charge is 0.187 e. The second-order valence-electron chi connectivity index (χ2n) is 6.23. The van der Waals surface area contributed by atoms with Gasteiger partial charge in [0.05, 0.1) is 6.26 Å². The number of carbonyl (C=O) groups is 1. The highest BCUT2D eigenvalue weighted by Crippen LogP contribution is 2.28. The quantitative estimate of drug-likeness (QED) is 0.721. The summed E-state index contributed by atoms with van der Waals surface area (Å²) >= 11 is 0. The average molecular weight is 329 g/mol. The van der Waals surface area contributed by atoms with E-state index in [9.17, 15) is 4.79 Å². The highest BCUT2D eigenvalue weighted by molar-refractivity contribution is 6.01. The summed E-state index contributed by atoms with van der Waals surface area (Å²) in [4.78, 5) is 12.9. The molecular weight excluding hydrogens is 310 g/mol. The number of Topliss-reactive ketones (excluding diaryl/α,β-unsaturated/α-hetero) is 1. The Kier molecular flexibility index (Phi) is 4.08. The molecule has 25 heavy (non-hydrogen) atoms. The third-order valence-corrected chi connectivity index (χ3v) is 4.69. The second-order valence-corrected chi connectivity index (χ2v) is 6.23. The van der Waals surface area contributed by atoms with Crippen LogP contribution < -0.4 is 5.32 Å². The Hall–Kier alpha value is -2.91. The minimum Gasteiger partial charge on any atom is -0.467 e. The van der Waals surface area contributed by atoms with Crippen molar-refractivity contribution in [2.24, 2.45) is 0 Å². The Morgan fingerprint density at radius 1 is 0.960 bits per heavy atom. The highest BCUT2D eigenvalue weighted by Gasteiger charge is 2.29. The van der Waals surface area contributed by atoms with Crippen molar-refractivity contribution >= 4 is 11.4 Å². The van der Waals surface area contributed by atoms with Gasteiger partial charge in [0.1, 0.15) is 11.8 Å². The second kappa shape index (κ2) is 6.54. The SMILES string of the molecule is C=C(c1ccccc1)c1ccc(C(=O)C2NCCc3ccoc32)cc1. The summed E-state index contributed by atoms with van der Waals surface area (Å²) in [6, 6.07) is 19.2. The van der Waals surface area contributed by atoms with E-state index in [1.165, 1.54) is 0 Å². The number of carbonyl (C=O) groups excluding carboxylic acids is 1. The minimum atomic E-state index is -0.401. The van der Waals surface area contributed by atoms with Crippen LogP contribution in [0.4, 0.5) is 0 Å². The van der Waals surface area contributed by atoms with Crippen molar-refractivity contribution in [3.63, 3.8) is 0 Å². The summed E-state index contributed by atoms with van der Waals surface area (Å²) in [7, 11) is 0. The van der Waals surface area contributed by atoms with Crippen molar-refractivity contribution in [1.29, 1.82) is 0 Å². The molecule has 0 saturated heterocycles. The Morgan fingerprint density at radius 2 is 1.64 bits per heavy atom. The lowest BCUT2D eigenvalue weighted by Gasteiger charge is -2.21. The molecule has 0 fully saturated rings. The first kappa shape index (κ1) is 15.6. The monoisotopic (exact) mass is 329 g/mol. The van der Waals surface area contributed by atoms with E-state index in [1.807, 2.05) is 60.7 Å². The summed E-state index contributed by atoms with van der Waals surface area (Å²) < 4.78 is 5.53. The molecule has 1 aromatic heterocycles. The first-order valence-electron chi connectivity index (χ1n) is 8.42. The molecule has 0 aliphatic carbocycles. The average Bonchev–Trinajstić information content (AvgIpc) is 3.16. The van der Waals surface area contributed by atoms with Gasteiger partial charge < -0.3 is 9.73 Å². The molecule has 3 nitrogen and oxygen atoms in total. The summed E-state index contributed by atoms with van der Waals surface area (Å²) in [5.74, 6) is 0.779. The predicted molar refractivity (Wildman–Crippen MR) is 98.5 cm³/mol. The maximum atomic E-state index is 12.9. The first-order valence-corrected chi connectivity index (χ1v) is 8.42. The molecule has 1 N–H and O–H groups in total. The number of benzene rings is 2. The van der Waals surface area contributed by atoms with Gasteiger partial charge >= 0.3 is 0 Å². The third kappa shape index (κ3) is 2.94. The Bertz CT molecular complexity index is 907. The van der Waals surface area contributed by atoms with Gasteiger partial charge in [-0.2, -0.15) is 0 Å². The zero-order chi connectivity index (χ0) is 17.2. The summed E-state index contributed by atoms with van der Waals surface area (Å²) in [6.45, 7) is 4.95. The van der Waals surface area contributed by atoms with E-state index in [2.05, 4.69) is 11.9 Å². The van der Waals surface area contributed by atoms with Crippen molar-refractivity contribution in [3.8, 4) is 0 Å². The molecule has 1 aliphatic rings. The van der Waals surface area contributed by atoms with Crippen molar-refractivity contribution < 1.29 is 9.21 Å². The molecule has 3 heteroatoms. The van der Waals surface area contributed by atoms with Crippen molar-refractivity contribution in [2.45, 2.75) is 12.5 Å². The van der Waals surface area contributed by atoms with E-state index in [0.29, 0.717) is 5.56 Å². The van der Waals surface area contributed by atoms with Crippen LogP contribution in [-0.2, 0) is 6.42 Å². The molecule has 124 valence electrons. The van der Waals surface area contributed by atoms with Crippen LogP contribution in [0.2, 0.25) is 0 Å². The fourth-order valence-electron chi connectivity index (χ4n) is 3.27. The van der Waals surface area contributed by atoms with Gasteiger partial charge in [0.25, 0.3) is 0 Å². The van der Waals surface area contributed by atoms with Crippen molar-refractivity contribution in [3.05, 3.63) is 102 Å². The van der Waals surface area contributed by atoms with E-state index in [-0.39, 0.29) is 5.78 Å². The summed E-state index contributed by atoms with van der Waals surface area (Å²) in [6.07, 6.45) is 2.55. The van der Waals surface area contributed by atoms with Crippen LogP contribution in [0.1, 0.15) is 38.9 Å². The molecule has 1 aliphatic heterocycles. The number of furan rings is 1. The maximum absolute atomic E-state index is 12.9. The van der Waals surface area contributed by atoms with E-state index in [0.717, 1.165) is 41.0 Å². The maximum Gasteiger partial charge on any atom is 0.187 e. The number of nitrogens with one attached hydrogen (secondary N) is 1. The van der Waals surface area contributed by atoms with Gasteiger partial charge in [-0.3, -0.25) is 4.79 Å². The van der Waals surface area contributed by atoms with Gasteiger partial charge in [-0.1, -0.05) is 61.2 Å². The minimum absolute atomic E-state index is 0.0350. The molecule has 1 atom stereocenters. The molecule has 4 rings (SSSR count). The van der Waals surface area contributed by atoms with Gasteiger partial charge in [0.2, 0.25) is 0 Å². The highest BCUT2D eigenvalue weighted by atomic mass is 16.3. The molecule has 0 bridgehead atoms. The molecule has 3 aromatic rings. The van der Waals surface area contributed by atoms with Gasteiger partial charge in [-0.15, -0.1) is 0 Å². The fourth-order valence-corrected chi connectivity index (χ4v) is 3.27. The Labute approximate surface area is 147 Å². The molecule has 1 unspecified atom stereocenters. The van der Waals surface area contributed by atoms with E-state index in [4.69, 9.17) is 4.42 Å². The largest absolute Gasteiger partial charge is 0.467 e. The standard InChI is InChI=1S/C22H19NO2/c1-15(16-5-3-2-4-6-16)17-7-9-18(10-8-17)21(24)20-22-19(11-13-23-20)12-14-25-22/h2-10,12,14,20,23H,1,11,13H2. The third-order valence-electron chi connectivity index (χ3n) is 4.69. The lowest BCUT2D eigenvalue weighted by Crippen LogP contribution is -2.34. The zero-order valence-electron chi connectivity index (χ0n) is 13.9. The molecule has 2 heterocycles. The molecular formula is C22H19NO2. The number of rotatable bonds is 4. The van der Waals surface area contributed by atoms with Crippen LogP contribution in [0.5, 0.6) is 0 Å². The molecule has 0 spiro atoms. The van der Waals surface area contributed by atoms with Gasteiger partial charge in [0.15, 0.2) is 5.78 Å². The fraction of sp³-hybridized carbons (Fsp3) is 0.136. The molecule has 0 amide bonds. The van der Waals surface area contributed by atoms with Crippen LogP contribution in [0, 0.1) is 0 Å². The lowest BCUT2D eigenvalue weighted by atomic mass is 9.93. The molecule has 0 radical (unpaired) electrons. The normalized spacial score (nSPS) is 16.2. The predicted octanol–water partition coefficient (Wildman–Crippen LogP) is 4.41. The van der Waals surface area contributed by atoms with Crippen LogP contribution in [0.3, 0.4) is 0 Å². The number of hydrogen-bond donors (Lipinski definition) is 1. The molecule has 0 saturated carbocycles. The van der Waals surface area contributed by atoms with E-state index < -0.39 is 6.04 Å². The van der Waals surface area contributed by atoms with Crippen molar-refractivity contribution in [1.82, 2.24) is 5.32 Å². The van der Waals surface area contributed by atoms with Gasteiger partial charge in [-0.25, -0.2) is 0 Å². The molecule has 2 aromatic carbocycles. The van der Waals surface area contributed by atoms with Gasteiger partial charge in [-0.05, 0) is 34.8 Å². The van der Waals surface area contributed by atoms with E-state index in [1.54, 1.807) is 6.26 Å². The lowest BCUT2D eigenvalue weighted by molar-refractivity contribution is 0.0926. The topological polar surface area (TPSA) is 42.2 Å². The van der Waals surface area contributed by atoms with Crippen LogP contribution in [0.25, 0.3) is 5.57 Å². The Balaban J connectivity index is 1.57. The summed E-state index contributed by atoms with van der Waals surface area (Å²) in [5, 5.41) is 3.26. The number of hydrogen-bond acceptors (Lipinski definition) is 3. The van der Waals surface area contributed by atoms with Crippen LogP contribution >= 0.6 is 0 Å². The number of fused-ring (bicyclic) bond motifs is 1. The Morgan fingerprint density at radius 3 is 2.40 bits per heavy atom. The first-order chi connectivity index (χ1) is 12.2. The van der Waals surface area contributed by atoms with Crippen molar-refractivity contribution in [2.75, 3.05) is 6.54 Å². The zero-order valence-corrected chi connectivity index (χ0v) is 13.9. The van der Waals surface area contributed by atoms with E-state index >= 15 is 0 Å². The summed E-state index contributed by atoms with van der Waals surface area (Å²) in [5.41, 5.74) is 4.83. The van der Waals surface area contributed by atoms with Crippen LogP contribution in [-0.4, -0.2) is 12.3 Å². The number of ketones is 1. The van der Waals surface area contributed by atoms with Gasteiger partial charge in [0, 0.05) is 12.1 Å². The van der Waals surface area contributed by atoms with Crippen LogP contribution in [0.15, 0.2) is 77.9 Å².